The zero-order valence-electron chi connectivity index (χ0n) is 14.1. The van der Waals surface area contributed by atoms with E-state index in [1.54, 1.807) is 41.1 Å². The molecule has 1 amide bonds. The summed E-state index contributed by atoms with van der Waals surface area (Å²) in [4.78, 5) is 34.5. The van der Waals surface area contributed by atoms with Crippen LogP contribution in [0.5, 0.6) is 0 Å². The normalized spacial score (nSPS) is 18.2. The van der Waals surface area contributed by atoms with Crippen molar-refractivity contribution in [1.29, 1.82) is 0 Å². The van der Waals surface area contributed by atoms with Crippen molar-refractivity contribution in [2.24, 2.45) is 0 Å². The van der Waals surface area contributed by atoms with Crippen molar-refractivity contribution in [3.8, 4) is 0 Å². The van der Waals surface area contributed by atoms with Crippen LogP contribution in [0.25, 0.3) is 0 Å². The Morgan fingerprint density at radius 3 is 3.00 bits per heavy atom. The molecule has 0 unspecified atom stereocenters. The number of thioether (sulfide) groups is 2. The van der Waals surface area contributed by atoms with Gasteiger partial charge in [0.1, 0.15) is 11.6 Å². The van der Waals surface area contributed by atoms with E-state index in [0.717, 1.165) is 10.6 Å². The van der Waals surface area contributed by atoms with Crippen LogP contribution in [-0.2, 0) is 14.3 Å². The van der Waals surface area contributed by atoms with Crippen molar-refractivity contribution in [2.45, 2.75) is 16.7 Å². The van der Waals surface area contributed by atoms with Gasteiger partial charge in [0, 0.05) is 35.2 Å². The lowest BCUT2D eigenvalue weighted by Gasteiger charge is -2.42. The Morgan fingerprint density at radius 1 is 1.41 bits per heavy atom. The number of esters is 1. The van der Waals surface area contributed by atoms with Crippen LogP contribution in [-0.4, -0.2) is 43.8 Å². The maximum atomic E-state index is 12.2. The third-order valence-electron chi connectivity index (χ3n) is 3.96. The second kappa shape index (κ2) is 7.97. The summed E-state index contributed by atoms with van der Waals surface area (Å²) in [5, 5.41) is 0.0871. The first-order valence-corrected chi connectivity index (χ1v) is 10.2. The van der Waals surface area contributed by atoms with E-state index in [1.807, 2.05) is 24.5 Å². The highest BCUT2D eigenvalue weighted by Gasteiger charge is 2.43. The molecule has 2 aliphatic heterocycles. The predicted octanol–water partition coefficient (Wildman–Crippen LogP) is 1.42. The van der Waals surface area contributed by atoms with Crippen LogP contribution < -0.4 is 10.1 Å². The van der Waals surface area contributed by atoms with Gasteiger partial charge in [0.05, 0.1) is 18.0 Å². The van der Waals surface area contributed by atoms with Crippen molar-refractivity contribution in [3.63, 3.8) is 0 Å². The largest absolute Gasteiger partial charge is 0.450 e. The van der Waals surface area contributed by atoms with E-state index >= 15 is 0 Å². The number of hydrogen-bond donors (Lipinski definition) is 1. The topological polar surface area (TPSA) is 88.3 Å². The van der Waals surface area contributed by atoms with E-state index in [1.165, 1.54) is 16.7 Å². The zero-order chi connectivity index (χ0) is 18.6. The van der Waals surface area contributed by atoms with Crippen LogP contribution in [0.2, 0.25) is 0 Å². The molecular formula is C17H16N5O3S2+. The number of carbonyl (C=O) groups is 2. The quantitative estimate of drug-likeness (QED) is 0.255. The summed E-state index contributed by atoms with van der Waals surface area (Å²) in [6, 6.07) is 3.79. The molecule has 1 saturated heterocycles. The third kappa shape index (κ3) is 4.06. The molecule has 8 nitrogen and oxygen atoms in total. The molecule has 0 saturated carbocycles. The van der Waals surface area contributed by atoms with Crippen molar-refractivity contribution in [3.05, 3.63) is 54.9 Å². The zero-order valence-corrected chi connectivity index (χ0v) is 15.8. The Bertz CT molecular complexity index is 876. The summed E-state index contributed by atoms with van der Waals surface area (Å²) >= 11 is 3.06. The number of amides is 1. The maximum absolute atomic E-state index is 12.2. The Kier molecular flexibility index (Phi) is 5.26. The molecule has 10 heteroatoms. The van der Waals surface area contributed by atoms with Gasteiger partial charge >= 0.3 is 5.97 Å². The van der Waals surface area contributed by atoms with Crippen LogP contribution in [0, 0.1) is 0 Å². The minimum absolute atomic E-state index is 0.0220. The second-order valence-corrected chi connectivity index (χ2v) is 7.89. The van der Waals surface area contributed by atoms with Crippen LogP contribution in [0.1, 0.15) is 6.42 Å². The van der Waals surface area contributed by atoms with Crippen molar-refractivity contribution >= 4 is 41.2 Å². The summed E-state index contributed by atoms with van der Waals surface area (Å²) in [6.07, 6.45) is 10.8. The average Bonchev–Trinajstić information content (AvgIpc) is 2.69. The number of aromatic nitrogens is 3. The highest BCUT2D eigenvalue weighted by molar-refractivity contribution is 8.00. The van der Waals surface area contributed by atoms with Crippen LogP contribution in [0.3, 0.4) is 0 Å². The molecule has 0 bridgehead atoms. The Balaban J connectivity index is 1.27. The van der Waals surface area contributed by atoms with Gasteiger partial charge in [-0.2, -0.15) is 0 Å². The Labute approximate surface area is 164 Å². The minimum Gasteiger partial charge on any atom is -0.450 e. The molecule has 0 radical (unpaired) electrons. The number of anilines is 1. The fourth-order valence-electron chi connectivity index (χ4n) is 2.63. The van der Waals surface area contributed by atoms with Gasteiger partial charge in [-0.1, -0.05) is 16.4 Å². The summed E-state index contributed by atoms with van der Waals surface area (Å²) in [6.45, 7) is 0. The average molecular weight is 402 g/mol. The van der Waals surface area contributed by atoms with Crippen molar-refractivity contribution in [1.82, 2.24) is 14.9 Å². The van der Waals surface area contributed by atoms with Crippen molar-refractivity contribution < 1.29 is 19.0 Å². The molecule has 27 heavy (non-hydrogen) atoms. The van der Waals surface area contributed by atoms with Gasteiger partial charge in [-0.05, 0) is 6.08 Å². The van der Waals surface area contributed by atoms with E-state index in [0.29, 0.717) is 17.9 Å². The number of hydrogen-bond acceptors (Lipinski definition) is 8. The molecule has 2 aromatic heterocycles. The number of ether oxygens (including phenoxy) is 1. The number of pyridine rings is 1. The van der Waals surface area contributed by atoms with E-state index in [4.69, 9.17) is 4.74 Å². The first-order chi connectivity index (χ1) is 13.2. The minimum atomic E-state index is -0.448. The molecule has 0 aromatic carbocycles. The highest BCUT2D eigenvalue weighted by Crippen LogP contribution is 2.37. The molecule has 2 aliphatic rings. The SMILES string of the molecule is O=C(OCSc1cc[n+](Nc2cnccn2)cc1)C1=CCS[C@H]2CC(=O)N12. The second-order valence-electron chi connectivity index (χ2n) is 5.68. The van der Waals surface area contributed by atoms with Gasteiger partial charge < -0.3 is 4.74 Å². The van der Waals surface area contributed by atoms with Gasteiger partial charge in [-0.15, -0.1) is 17.2 Å². The molecule has 1 N–H and O–H groups in total. The fraction of sp³-hybridized carbons (Fsp3) is 0.235. The Hall–Kier alpha value is -2.59. The number of nitrogens with one attached hydrogen (secondary N) is 1. The van der Waals surface area contributed by atoms with Crippen LogP contribution >= 0.6 is 23.5 Å². The van der Waals surface area contributed by atoms with Gasteiger partial charge in [-0.3, -0.25) is 14.7 Å². The van der Waals surface area contributed by atoms with Gasteiger partial charge in [0.2, 0.25) is 24.1 Å². The van der Waals surface area contributed by atoms with Crippen molar-refractivity contribution in [2.75, 3.05) is 17.1 Å². The summed E-state index contributed by atoms with van der Waals surface area (Å²) in [5.74, 6) is 1.07. The first kappa shape index (κ1) is 17.8. The van der Waals surface area contributed by atoms with Gasteiger partial charge in [-0.25, -0.2) is 9.78 Å². The van der Waals surface area contributed by atoms with Gasteiger partial charge in [0.25, 0.3) is 0 Å². The number of nitrogens with zero attached hydrogens (tertiary/aromatic N) is 4. The molecule has 4 rings (SSSR count). The molecule has 138 valence electrons. The highest BCUT2D eigenvalue weighted by atomic mass is 32.2. The molecular weight excluding hydrogens is 386 g/mol. The van der Waals surface area contributed by atoms with Crippen LogP contribution in [0.4, 0.5) is 5.82 Å². The van der Waals surface area contributed by atoms with Crippen LogP contribution in [0.15, 0.2) is 59.8 Å². The molecule has 1 fully saturated rings. The molecule has 4 heterocycles. The van der Waals surface area contributed by atoms with Gasteiger partial charge in [0.15, 0.2) is 0 Å². The molecule has 1 atom stereocenters. The number of carbonyl (C=O) groups excluding carboxylic acids is 2. The third-order valence-corrected chi connectivity index (χ3v) is 5.92. The lowest BCUT2D eigenvalue weighted by molar-refractivity contribution is -0.643. The van der Waals surface area contributed by atoms with E-state index in [2.05, 4.69) is 15.4 Å². The molecule has 0 spiro atoms. The monoisotopic (exact) mass is 402 g/mol. The number of β-lactam (4-membered cyclic amide) rings is 1. The summed E-state index contributed by atoms with van der Waals surface area (Å²) < 4.78 is 7.07. The number of fused-ring (bicyclic) bond motifs is 1. The standard InChI is InChI=1S/C17H16N5O3S2/c23-15-9-16-22(15)13(3-8-26-16)17(24)25-11-27-12-1-6-21(7-2-12)20-14-10-18-4-5-19-14/h1-7,10,16H,8-9,11H2,(H,19,20)/q+1/t16-/m0/s1. The number of rotatable bonds is 6. The maximum Gasteiger partial charge on any atom is 0.355 e. The lowest BCUT2D eigenvalue weighted by Crippen LogP contribution is -2.53. The van der Waals surface area contributed by atoms with E-state index in [9.17, 15) is 9.59 Å². The molecule has 2 aromatic rings. The van der Waals surface area contributed by atoms with E-state index in [-0.39, 0.29) is 17.2 Å². The lowest BCUT2D eigenvalue weighted by atomic mass is 10.1. The first-order valence-electron chi connectivity index (χ1n) is 8.19. The smallest absolute Gasteiger partial charge is 0.355 e. The van der Waals surface area contributed by atoms with E-state index < -0.39 is 5.97 Å². The summed E-state index contributed by atoms with van der Waals surface area (Å²) in [7, 11) is 0. The summed E-state index contributed by atoms with van der Waals surface area (Å²) in [5.41, 5.74) is 3.44. The molecule has 0 aliphatic carbocycles. The fourth-order valence-corrected chi connectivity index (χ4v) is 4.36. The Morgan fingerprint density at radius 2 is 2.26 bits per heavy atom. The predicted molar refractivity (Wildman–Crippen MR) is 100 cm³/mol.